The van der Waals surface area contributed by atoms with E-state index >= 15 is 0 Å². The summed E-state index contributed by atoms with van der Waals surface area (Å²) in [5, 5.41) is 0. The van der Waals surface area contributed by atoms with Gasteiger partial charge in [-0.15, -0.1) is 0 Å². The quantitative estimate of drug-likeness (QED) is 0.813. The molecule has 1 amide bonds. The number of hydrogen-bond acceptors (Lipinski definition) is 5. The predicted octanol–water partition coefficient (Wildman–Crippen LogP) is 1.73. The van der Waals surface area contributed by atoms with Crippen LogP contribution in [0.2, 0.25) is 0 Å². The Hall–Kier alpha value is -1.53. The molecular weight excluding hydrogens is 314 g/mol. The Balaban J connectivity index is 1.53. The summed E-state index contributed by atoms with van der Waals surface area (Å²) < 4.78 is 0. The minimum atomic E-state index is 0.311. The van der Waals surface area contributed by atoms with Gasteiger partial charge >= 0.3 is 0 Å². The van der Waals surface area contributed by atoms with Gasteiger partial charge in [0.1, 0.15) is 0 Å². The molecule has 0 N–H and O–H groups in total. The van der Waals surface area contributed by atoms with Crippen LogP contribution in [0.25, 0.3) is 0 Å². The van der Waals surface area contributed by atoms with E-state index in [2.05, 4.69) is 33.9 Å². The highest BCUT2D eigenvalue weighted by molar-refractivity contribution is 5.78. The standard InChI is InChI=1S/C19H31N5O/c1-22(2)14-17-19(21-9-8-20-17)16-6-12-23(13-7-16)15-18(25)24-10-4-3-5-11-24/h8-9,16H,3-7,10-15H2,1-2H3. The molecule has 25 heavy (non-hydrogen) atoms. The number of amides is 1. The zero-order valence-electron chi connectivity index (χ0n) is 15.7. The minimum Gasteiger partial charge on any atom is -0.342 e. The first-order chi connectivity index (χ1) is 12.1. The van der Waals surface area contributed by atoms with Gasteiger partial charge in [-0.3, -0.25) is 19.7 Å². The van der Waals surface area contributed by atoms with Crippen LogP contribution in [0.3, 0.4) is 0 Å². The van der Waals surface area contributed by atoms with Crippen LogP contribution in [-0.4, -0.2) is 77.4 Å². The van der Waals surface area contributed by atoms with Gasteiger partial charge in [-0.05, 0) is 59.3 Å². The average Bonchev–Trinajstić information content (AvgIpc) is 2.63. The van der Waals surface area contributed by atoms with E-state index in [9.17, 15) is 4.79 Å². The third kappa shape index (κ3) is 4.98. The lowest BCUT2D eigenvalue weighted by atomic mass is 9.91. The van der Waals surface area contributed by atoms with E-state index < -0.39 is 0 Å². The van der Waals surface area contributed by atoms with Crippen LogP contribution in [0, 0.1) is 0 Å². The van der Waals surface area contributed by atoms with Gasteiger partial charge in [-0.2, -0.15) is 0 Å². The van der Waals surface area contributed by atoms with Crippen LogP contribution in [0.4, 0.5) is 0 Å². The molecule has 138 valence electrons. The summed E-state index contributed by atoms with van der Waals surface area (Å²) in [4.78, 5) is 28.1. The second-order valence-corrected chi connectivity index (χ2v) is 7.62. The van der Waals surface area contributed by atoms with Gasteiger partial charge in [0.25, 0.3) is 0 Å². The summed E-state index contributed by atoms with van der Waals surface area (Å²) in [5.41, 5.74) is 2.24. The van der Waals surface area contributed by atoms with E-state index in [1.54, 1.807) is 12.4 Å². The fourth-order valence-corrected chi connectivity index (χ4v) is 3.94. The molecule has 6 nitrogen and oxygen atoms in total. The summed E-state index contributed by atoms with van der Waals surface area (Å²) in [7, 11) is 4.13. The lowest BCUT2D eigenvalue weighted by molar-refractivity contribution is -0.133. The first kappa shape index (κ1) is 18.3. The predicted molar refractivity (Wildman–Crippen MR) is 98.3 cm³/mol. The van der Waals surface area contributed by atoms with Crippen LogP contribution < -0.4 is 0 Å². The second kappa shape index (κ2) is 8.72. The normalized spacial score (nSPS) is 20.2. The van der Waals surface area contributed by atoms with Crippen molar-refractivity contribution in [2.75, 3.05) is 46.8 Å². The van der Waals surface area contributed by atoms with Gasteiger partial charge in [0.2, 0.25) is 5.91 Å². The maximum absolute atomic E-state index is 12.4. The lowest BCUT2D eigenvalue weighted by Crippen LogP contribution is -2.45. The largest absolute Gasteiger partial charge is 0.342 e. The summed E-state index contributed by atoms with van der Waals surface area (Å²) in [6.07, 6.45) is 9.31. The maximum atomic E-state index is 12.4. The summed E-state index contributed by atoms with van der Waals surface area (Å²) >= 11 is 0. The van der Waals surface area contributed by atoms with E-state index in [1.807, 2.05) is 4.90 Å². The van der Waals surface area contributed by atoms with Gasteiger partial charge < -0.3 is 9.80 Å². The molecule has 3 heterocycles. The van der Waals surface area contributed by atoms with Gasteiger partial charge in [0, 0.05) is 37.9 Å². The molecule has 6 heteroatoms. The Bertz CT molecular complexity index is 563. The highest BCUT2D eigenvalue weighted by Crippen LogP contribution is 2.28. The molecule has 0 atom stereocenters. The molecule has 0 aliphatic carbocycles. The average molecular weight is 345 g/mol. The van der Waals surface area contributed by atoms with E-state index in [0.717, 1.165) is 69.8 Å². The maximum Gasteiger partial charge on any atom is 0.236 e. The number of rotatable bonds is 5. The van der Waals surface area contributed by atoms with Gasteiger partial charge in [0.15, 0.2) is 0 Å². The molecule has 2 fully saturated rings. The first-order valence-corrected chi connectivity index (χ1v) is 9.58. The van der Waals surface area contributed by atoms with Gasteiger partial charge in [-0.1, -0.05) is 0 Å². The lowest BCUT2D eigenvalue weighted by Gasteiger charge is -2.34. The number of nitrogens with zero attached hydrogens (tertiary/aromatic N) is 5. The Morgan fingerprint density at radius 1 is 1.08 bits per heavy atom. The topological polar surface area (TPSA) is 52.6 Å². The molecular formula is C19H31N5O. The van der Waals surface area contributed by atoms with Crippen LogP contribution in [0.1, 0.15) is 49.4 Å². The molecule has 2 aliphatic heterocycles. The smallest absolute Gasteiger partial charge is 0.236 e. The first-order valence-electron chi connectivity index (χ1n) is 9.58. The Morgan fingerprint density at radius 2 is 1.76 bits per heavy atom. The zero-order chi connectivity index (χ0) is 17.6. The number of hydrogen-bond donors (Lipinski definition) is 0. The van der Waals surface area contributed by atoms with Crippen molar-refractivity contribution >= 4 is 5.91 Å². The fourth-order valence-electron chi connectivity index (χ4n) is 3.94. The number of aromatic nitrogens is 2. The number of carbonyl (C=O) groups excluding carboxylic acids is 1. The fraction of sp³-hybridized carbons (Fsp3) is 0.737. The second-order valence-electron chi connectivity index (χ2n) is 7.62. The Kier molecular flexibility index (Phi) is 6.37. The molecule has 2 saturated heterocycles. The molecule has 0 bridgehead atoms. The summed E-state index contributed by atoms with van der Waals surface area (Å²) in [6, 6.07) is 0. The number of likely N-dealkylation sites (tertiary alicyclic amines) is 2. The van der Waals surface area contributed by atoms with Crippen molar-refractivity contribution in [1.82, 2.24) is 24.7 Å². The monoisotopic (exact) mass is 345 g/mol. The SMILES string of the molecule is CN(C)Cc1nccnc1C1CCN(CC(=O)N2CCCCC2)CC1. The van der Waals surface area contributed by atoms with Crippen molar-refractivity contribution in [3.63, 3.8) is 0 Å². The van der Waals surface area contributed by atoms with E-state index in [4.69, 9.17) is 0 Å². The molecule has 1 aromatic heterocycles. The molecule has 0 spiro atoms. The van der Waals surface area contributed by atoms with Crippen molar-refractivity contribution in [3.8, 4) is 0 Å². The zero-order valence-corrected chi connectivity index (χ0v) is 15.7. The van der Waals surface area contributed by atoms with Crippen molar-refractivity contribution in [2.45, 2.75) is 44.6 Å². The van der Waals surface area contributed by atoms with Crippen LogP contribution in [0.15, 0.2) is 12.4 Å². The molecule has 1 aromatic rings. The highest BCUT2D eigenvalue weighted by atomic mass is 16.2. The van der Waals surface area contributed by atoms with Crippen LogP contribution in [0.5, 0.6) is 0 Å². The third-order valence-electron chi connectivity index (χ3n) is 5.31. The number of piperidine rings is 2. The van der Waals surface area contributed by atoms with Crippen molar-refractivity contribution in [3.05, 3.63) is 23.8 Å². The molecule has 0 saturated carbocycles. The third-order valence-corrected chi connectivity index (χ3v) is 5.31. The molecule has 0 unspecified atom stereocenters. The molecule has 0 radical (unpaired) electrons. The van der Waals surface area contributed by atoms with Crippen molar-refractivity contribution in [1.29, 1.82) is 0 Å². The molecule has 0 aromatic carbocycles. The van der Waals surface area contributed by atoms with Crippen LogP contribution in [-0.2, 0) is 11.3 Å². The number of carbonyl (C=O) groups is 1. The summed E-state index contributed by atoms with van der Waals surface area (Å²) in [5.74, 6) is 0.774. The van der Waals surface area contributed by atoms with E-state index in [-0.39, 0.29) is 0 Å². The van der Waals surface area contributed by atoms with Gasteiger partial charge in [-0.25, -0.2) is 0 Å². The van der Waals surface area contributed by atoms with Crippen molar-refractivity contribution in [2.24, 2.45) is 0 Å². The summed E-state index contributed by atoms with van der Waals surface area (Å²) in [6.45, 7) is 5.25. The molecule has 3 rings (SSSR count). The van der Waals surface area contributed by atoms with E-state index in [1.165, 1.54) is 6.42 Å². The Morgan fingerprint density at radius 3 is 2.44 bits per heavy atom. The highest BCUT2D eigenvalue weighted by Gasteiger charge is 2.26. The molecule has 2 aliphatic rings. The van der Waals surface area contributed by atoms with Crippen molar-refractivity contribution < 1.29 is 4.79 Å². The van der Waals surface area contributed by atoms with Gasteiger partial charge in [0.05, 0.1) is 17.9 Å². The van der Waals surface area contributed by atoms with E-state index in [0.29, 0.717) is 18.4 Å². The van der Waals surface area contributed by atoms with Crippen LogP contribution >= 0.6 is 0 Å². The Labute approximate surface area is 151 Å². The minimum absolute atomic E-state index is 0.311.